The summed E-state index contributed by atoms with van der Waals surface area (Å²) in [6.45, 7) is 0. The molecule has 0 unspecified atom stereocenters. The Morgan fingerprint density at radius 2 is 1.90 bits per heavy atom. The molecule has 21 heavy (non-hydrogen) atoms. The predicted octanol–water partition coefficient (Wildman–Crippen LogP) is 2.45. The first kappa shape index (κ1) is 15.3. The van der Waals surface area contributed by atoms with Crippen molar-refractivity contribution in [1.82, 2.24) is 9.78 Å². The van der Waals surface area contributed by atoms with Crippen LogP contribution in [-0.2, 0) is 17.2 Å². The zero-order valence-electron chi connectivity index (χ0n) is 10.4. The number of hydrogen-bond donors (Lipinski definition) is 0. The molecule has 0 aliphatic carbocycles. The number of aryl methyl sites for hydroxylation is 1. The Morgan fingerprint density at radius 3 is 2.38 bits per heavy atom. The van der Waals surface area contributed by atoms with Crippen LogP contribution < -0.4 is 4.18 Å². The highest BCUT2D eigenvalue weighted by Crippen LogP contribution is 2.30. The Kier molecular flexibility index (Phi) is 3.66. The molecule has 0 amide bonds. The Hall–Kier alpha value is -2.10. The van der Waals surface area contributed by atoms with Gasteiger partial charge in [-0.1, -0.05) is 6.07 Å². The Labute approximate surface area is 116 Å². The van der Waals surface area contributed by atoms with E-state index in [4.69, 9.17) is 0 Å². The normalized spacial score (nSPS) is 12.4. The number of nitrogens with zero attached hydrogens (tertiary/aromatic N) is 2. The van der Waals surface area contributed by atoms with Gasteiger partial charge in [0.25, 0.3) is 0 Å². The molecule has 0 saturated carbocycles. The van der Waals surface area contributed by atoms with E-state index in [1.165, 1.54) is 16.9 Å². The van der Waals surface area contributed by atoms with E-state index in [0.717, 1.165) is 12.1 Å². The molecule has 5 nitrogen and oxygen atoms in total. The molecule has 0 bridgehead atoms. The van der Waals surface area contributed by atoms with Gasteiger partial charge in [0.05, 0.1) is 6.20 Å². The lowest BCUT2D eigenvalue weighted by Crippen LogP contribution is -2.28. The highest BCUT2D eigenvalue weighted by atomic mass is 32.2. The van der Waals surface area contributed by atoms with Crippen LogP contribution in [0.25, 0.3) is 11.1 Å². The van der Waals surface area contributed by atoms with Crippen LogP contribution >= 0.6 is 0 Å². The Morgan fingerprint density at radius 1 is 1.24 bits per heavy atom. The number of benzene rings is 1. The van der Waals surface area contributed by atoms with Crippen molar-refractivity contribution in [1.29, 1.82) is 0 Å². The van der Waals surface area contributed by atoms with Crippen molar-refractivity contribution >= 4 is 10.1 Å². The SMILES string of the molecule is Cn1cc(-c2ccc(OS(=O)(=O)C(F)(F)F)c(F)c2)cn1. The summed E-state index contributed by atoms with van der Waals surface area (Å²) in [4.78, 5) is 0. The zero-order chi connectivity index (χ0) is 15.8. The third-order valence-electron chi connectivity index (χ3n) is 2.45. The van der Waals surface area contributed by atoms with E-state index >= 15 is 0 Å². The average molecular weight is 324 g/mol. The lowest BCUT2D eigenvalue weighted by atomic mass is 10.1. The summed E-state index contributed by atoms with van der Waals surface area (Å²) in [5, 5.41) is 3.86. The van der Waals surface area contributed by atoms with Gasteiger partial charge in [-0.3, -0.25) is 4.68 Å². The lowest BCUT2D eigenvalue weighted by molar-refractivity contribution is -0.0500. The van der Waals surface area contributed by atoms with Gasteiger partial charge in [0, 0.05) is 18.8 Å². The number of alkyl halides is 3. The summed E-state index contributed by atoms with van der Waals surface area (Å²) in [6.07, 6.45) is 2.98. The second-order valence-electron chi connectivity index (χ2n) is 4.03. The Balaban J connectivity index is 2.33. The molecule has 10 heteroatoms. The van der Waals surface area contributed by atoms with Crippen LogP contribution in [0.5, 0.6) is 5.75 Å². The third-order valence-corrected chi connectivity index (χ3v) is 3.42. The number of hydrogen-bond acceptors (Lipinski definition) is 4. The minimum Gasteiger partial charge on any atom is -0.373 e. The van der Waals surface area contributed by atoms with Gasteiger partial charge in [0.2, 0.25) is 0 Å². The van der Waals surface area contributed by atoms with Crippen molar-refractivity contribution in [2.75, 3.05) is 0 Å². The van der Waals surface area contributed by atoms with Crippen LogP contribution in [0.1, 0.15) is 0 Å². The Bertz CT molecular complexity index is 768. The van der Waals surface area contributed by atoms with Gasteiger partial charge in [-0.2, -0.15) is 26.7 Å². The van der Waals surface area contributed by atoms with Crippen molar-refractivity contribution in [3.05, 3.63) is 36.4 Å². The van der Waals surface area contributed by atoms with Gasteiger partial charge >= 0.3 is 15.6 Å². The second kappa shape index (κ2) is 5.02. The minimum absolute atomic E-state index is 0.317. The van der Waals surface area contributed by atoms with Crippen LogP contribution in [0.2, 0.25) is 0 Å². The van der Waals surface area contributed by atoms with E-state index in [9.17, 15) is 26.0 Å². The van der Waals surface area contributed by atoms with Crippen LogP contribution in [-0.4, -0.2) is 23.7 Å². The number of halogens is 4. The molecule has 1 heterocycles. The predicted molar refractivity (Wildman–Crippen MR) is 64.2 cm³/mol. The second-order valence-corrected chi connectivity index (χ2v) is 5.57. The highest BCUT2D eigenvalue weighted by Gasteiger charge is 2.48. The van der Waals surface area contributed by atoms with Gasteiger partial charge in [0.15, 0.2) is 11.6 Å². The summed E-state index contributed by atoms with van der Waals surface area (Å²) < 4.78 is 76.9. The molecular weight excluding hydrogens is 316 g/mol. The first-order chi connectivity index (χ1) is 9.60. The fourth-order valence-corrected chi connectivity index (χ4v) is 1.95. The average Bonchev–Trinajstić information content (AvgIpc) is 2.77. The molecule has 0 aliphatic rings. The van der Waals surface area contributed by atoms with E-state index < -0.39 is 27.2 Å². The molecule has 2 aromatic rings. The number of rotatable bonds is 3. The standard InChI is InChI=1S/C11H8F4N2O3S/c1-17-6-8(5-16-17)7-2-3-10(9(12)4-7)20-21(18,19)11(13,14)15/h2-6H,1H3. The smallest absolute Gasteiger partial charge is 0.373 e. The van der Waals surface area contributed by atoms with E-state index in [2.05, 4.69) is 9.28 Å². The summed E-state index contributed by atoms with van der Waals surface area (Å²) in [7, 11) is -4.27. The molecule has 1 aromatic carbocycles. The van der Waals surface area contributed by atoms with E-state index in [1.54, 1.807) is 13.2 Å². The maximum atomic E-state index is 13.7. The van der Waals surface area contributed by atoms with Gasteiger partial charge in [-0.05, 0) is 17.7 Å². The van der Waals surface area contributed by atoms with Crippen LogP contribution in [0.3, 0.4) is 0 Å². The van der Waals surface area contributed by atoms with E-state index in [1.807, 2.05) is 0 Å². The topological polar surface area (TPSA) is 61.2 Å². The van der Waals surface area contributed by atoms with Crippen LogP contribution in [0.15, 0.2) is 30.6 Å². The quantitative estimate of drug-likeness (QED) is 0.494. The summed E-state index contributed by atoms with van der Waals surface area (Å²) in [5.74, 6) is -2.26. The van der Waals surface area contributed by atoms with E-state index in [0.29, 0.717) is 11.1 Å². The maximum Gasteiger partial charge on any atom is 0.534 e. The van der Waals surface area contributed by atoms with Crippen molar-refractivity contribution in [3.63, 3.8) is 0 Å². The van der Waals surface area contributed by atoms with Gasteiger partial charge in [-0.15, -0.1) is 0 Å². The van der Waals surface area contributed by atoms with Gasteiger partial charge in [0.1, 0.15) is 0 Å². The van der Waals surface area contributed by atoms with Crippen molar-refractivity contribution in [3.8, 4) is 16.9 Å². The highest BCUT2D eigenvalue weighted by molar-refractivity contribution is 7.88. The molecule has 0 radical (unpaired) electrons. The van der Waals surface area contributed by atoms with Crippen molar-refractivity contribution < 1.29 is 30.2 Å². The lowest BCUT2D eigenvalue weighted by Gasteiger charge is -2.10. The molecule has 2 rings (SSSR count). The summed E-state index contributed by atoms with van der Waals surface area (Å²) in [6, 6.07) is 2.89. The molecule has 114 valence electrons. The van der Waals surface area contributed by atoms with Crippen LogP contribution in [0, 0.1) is 5.82 Å². The maximum absolute atomic E-state index is 13.7. The molecule has 0 fully saturated rings. The fraction of sp³-hybridized carbons (Fsp3) is 0.182. The minimum atomic E-state index is -5.90. The first-order valence-electron chi connectivity index (χ1n) is 5.39. The van der Waals surface area contributed by atoms with Gasteiger partial charge < -0.3 is 4.18 Å². The monoisotopic (exact) mass is 324 g/mol. The molecule has 0 aliphatic heterocycles. The zero-order valence-corrected chi connectivity index (χ0v) is 11.2. The van der Waals surface area contributed by atoms with E-state index in [-0.39, 0.29) is 0 Å². The summed E-state index contributed by atoms with van der Waals surface area (Å²) in [5.41, 5.74) is -4.79. The van der Waals surface area contributed by atoms with Gasteiger partial charge in [-0.25, -0.2) is 4.39 Å². The molecule has 0 saturated heterocycles. The molecule has 0 spiro atoms. The number of aromatic nitrogens is 2. The summed E-state index contributed by atoms with van der Waals surface area (Å²) >= 11 is 0. The molecule has 0 atom stereocenters. The molecule has 1 aromatic heterocycles. The molecular formula is C11H8F4N2O3S. The third kappa shape index (κ3) is 3.15. The molecule has 0 N–H and O–H groups in total. The van der Waals surface area contributed by atoms with Crippen molar-refractivity contribution in [2.24, 2.45) is 7.05 Å². The van der Waals surface area contributed by atoms with Crippen molar-refractivity contribution in [2.45, 2.75) is 5.51 Å². The van der Waals surface area contributed by atoms with Crippen LogP contribution in [0.4, 0.5) is 17.6 Å². The largest absolute Gasteiger partial charge is 0.534 e. The first-order valence-corrected chi connectivity index (χ1v) is 6.80. The fourth-order valence-electron chi connectivity index (χ4n) is 1.48.